The van der Waals surface area contributed by atoms with Crippen LogP contribution in [-0.4, -0.2) is 31.6 Å². The molecule has 0 amide bonds. The van der Waals surface area contributed by atoms with Gasteiger partial charge in [-0.05, 0) is 28.8 Å². The van der Waals surface area contributed by atoms with Gasteiger partial charge in [-0.1, -0.05) is 19.3 Å². The second-order valence-electron chi connectivity index (χ2n) is 5.19. The number of hydrogen-bond donors (Lipinski definition) is 2. The summed E-state index contributed by atoms with van der Waals surface area (Å²) in [5.74, 6) is 0.732. The van der Waals surface area contributed by atoms with Crippen molar-refractivity contribution in [3.05, 3.63) is 23.2 Å². The normalized spacial score (nSPS) is 18.6. The van der Waals surface area contributed by atoms with Gasteiger partial charge >= 0.3 is 0 Å². The summed E-state index contributed by atoms with van der Waals surface area (Å²) >= 11 is 3.41. The van der Waals surface area contributed by atoms with Gasteiger partial charge in [0.1, 0.15) is 4.60 Å². The predicted molar refractivity (Wildman–Crippen MR) is 77.2 cm³/mol. The highest BCUT2D eigenvalue weighted by atomic mass is 79.9. The van der Waals surface area contributed by atoms with Gasteiger partial charge in [-0.3, -0.25) is 0 Å². The Morgan fingerprint density at radius 2 is 2.16 bits per heavy atom. The SMILES string of the molecule is OCC1(Nc2nc(Br)cn3ccnc23)CCCCC1. The van der Waals surface area contributed by atoms with E-state index in [2.05, 4.69) is 31.2 Å². The maximum Gasteiger partial charge on any atom is 0.180 e. The first-order valence-corrected chi connectivity index (χ1v) is 7.40. The average molecular weight is 325 g/mol. The quantitative estimate of drug-likeness (QED) is 0.911. The van der Waals surface area contributed by atoms with Crippen LogP contribution in [-0.2, 0) is 0 Å². The first-order valence-electron chi connectivity index (χ1n) is 6.61. The van der Waals surface area contributed by atoms with Crippen molar-refractivity contribution in [1.82, 2.24) is 14.4 Å². The summed E-state index contributed by atoms with van der Waals surface area (Å²) in [6, 6.07) is 0. The van der Waals surface area contributed by atoms with Gasteiger partial charge in [-0.15, -0.1) is 0 Å². The molecule has 19 heavy (non-hydrogen) atoms. The van der Waals surface area contributed by atoms with E-state index in [1.165, 1.54) is 6.42 Å². The van der Waals surface area contributed by atoms with Crippen molar-refractivity contribution >= 4 is 27.4 Å². The number of imidazole rings is 1. The molecule has 2 aromatic rings. The fourth-order valence-electron chi connectivity index (χ4n) is 2.79. The highest BCUT2D eigenvalue weighted by Crippen LogP contribution is 2.32. The van der Waals surface area contributed by atoms with E-state index in [0.717, 1.165) is 41.8 Å². The molecule has 1 fully saturated rings. The van der Waals surface area contributed by atoms with Crippen LogP contribution in [0.4, 0.5) is 5.82 Å². The molecule has 2 N–H and O–H groups in total. The van der Waals surface area contributed by atoms with Crippen LogP contribution in [0.15, 0.2) is 23.2 Å². The minimum absolute atomic E-state index is 0.133. The Hall–Kier alpha value is -1.14. The van der Waals surface area contributed by atoms with Gasteiger partial charge in [-0.25, -0.2) is 9.97 Å². The number of anilines is 1. The lowest BCUT2D eigenvalue weighted by Gasteiger charge is -2.36. The van der Waals surface area contributed by atoms with Crippen LogP contribution in [0.5, 0.6) is 0 Å². The summed E-state index contributed by atoms with van der Waals surface area (Å²) in [5.41, 5.74) is 0.542. The van der Waals surface area contributed by atoms with E-state index in [1.54, 1.807) is 6.20 Å². The van der Waals surface area contributed by atoms with Gasteiger partial charge in [0.25, 0.3) is 0 Å². The minimum Gasteiger partial charge on any atom is -0.394 e. The van der Waals surface area contributed by atoms with Crippen LogP contribution in [0.3, 0.4) is 0 Å². The molecule has 102 valence electrons. The Bertz CT molecular complexity index is 577. The van der Waals surface area contributed by atoms with E-state index < -0.39 is 0 Å². The molecule has 0 bridgehead atoms. The van der Waals surface area contributed by atoms with Gasteiger partial charge in [-0.2, -0.15) is 0 Å². The molecule has 0 saturated heterocycles. The second kappa shape index (κ2) is 5.09. The third-order valence-electron chi connectivity index (χ3n) is 3.84. The monoisotopic (exact) mass is 324 g/mol. The Morgan fingerprint density at radius 1 is 1.37 bits per heavy atom. The predicted octanol–water partition coefficient (Wildman–Crippen LogP) is 2.60. The maximum absolute atomic E-state index is 9.77. The molecular weight excluding hydrogens is 308 g/mol. The minimum atomic E-state index is -0.252. The van der Waals surface area contributed by atoms with Crippen molar-refractivity contribution in [3.63, 3.8) is 0 Å². The zero-order valence-electron chi connectivity index (χ0n) is 10.6. The molecule has 3 rings (SSSR count). The van der Waals surface area contributed by atoms with Crippen LogP contribution in [0.25, 0.3) is 5.65 Å². The molecule has 2 aromatic heterocycles. The van der Waals surface area contributed by atoms with Crippen molar-refractivity contribution in [2.45, 2.75) is 37.6 Å². The summed E-state index contributed by atoms with van der Waals surface area (Å²) in [7, 11) is 0. The standard InChI is InChI=1S/C13H17BrN4O/c14-10-8-18-7-6-15-12(18)11(16-10)17-13(9-19)4-2-1-3-5-13/h6-8,19H,1-5,9H2,(H,16,17). The molecule has 0 spiro atoms. The number of hydrogen-bond acceptors (Lipinski definition) is 4. The van der Waals surface area contributed by atoms with Gasteiger partial charge in [0.2, 0.25) is 0 Å². The smallest absolute Gasteiger partial charge is 0.180 e. The summed E-state index contributed by atoms with van der Waals surface area (Å²) in [5, 5.41) is 13.2. The molecule has 0 aromatic carbocycles. The van der Waals surface area contributed by atoms with Gasteiger partial charge < -0.3 is 14.8 Å². The van der Waals surface area contributed by atoms with Crippen LogP contribution in [0.2, 0.25) is 0 Å². The Labute approximate surface area is 120 Å². The third kappa shape index (κ3) is 2.47. The molecule has 5 nitrogen and oxygen atoms in total. The van der Waals surface area contributed by atoms with Gasteiger partial charge in [0, 0.05) is 18.6 Å². The molecule has 1 aliphatic rings. The van der Waals surface area contributed by atoms with E-state index in [4.69, 9.17) is 0 Å². The van der Waals surface area contributed by atoms with Crippen LogP contribution in [0, 0.1) is 0 Å². The number of rotatable bonds is 3. The highest BCUT2D eigenvalue weighted by molar-refractivity contribution is 9.10. The van der Waals surface area contributed by atoms with Crippen molar-refractivity contribution in [1.29, 1.82) is 0 Å². The fraction of sp³-hybridized carbons (Fsp3) is 0.538. The molecule has 2 heterocycles. The number of nitrogens with zero attached hydrogens (tertiary/aromatic N) is 3. The zero-order chi connectivity index (χ0) is 13.3. The number of nitrogens with one attached hydrogen (secondary N) is 1. The van der Waals surface area contributed by atoms with E-state index in [-0.39, 0.29) is 12.1 Å². The van der Waals surface area contributed by atoms with Gasteiger partial charge in [0.15, 0.2) is 11.5 Å². The lowest BCUT2D eigenvalue weighted by molar-refractivity contribution is 0.172. The van der Waals surface area contributed by atoms with E-state index >= 15 is 0 Å². The summed E-state index contributed by atoms with van der Waals surface area (Å²) in [6.07, 6.45) is 11.0. The molecule has 6 heteroatoms. The Morgan fingerprint density at radius 3 is 2.89 bits per heavy atom. The van der Waals surface area contributed by atoms with Crippen LogP contribution < -0.4 is 5.32 Å². The Kier molecular flexibility index (Phi) is 3.45. The number of fused-ring (bicyclic) bond motifs is 1. The molecule has 0 aliphatic heterocycles. The average Bonchev–Trinajstić information content (AvgIpc) is 2.88. The molecular formula is C13H17BrN4O. The van der Waals surface area contributed by atoms with E-state index in [0.29, 0.717) is 0 Å². The number of aliphatic hydroxyl groups is 1. The Balaban J connectivity index is 1.97. The fourth-order valence-corrected chi connectivity index (χ4v) is 3.19. The van der Waals surface area contributed by atoms with E-state index in [9.17, 15) is 5.11 Å². The largest absolute Gasteiger partial charge is 0.394 e. The second-order valence-corrected chi connectivity index (χ2v) is 6.01. The highest BCUT2D eigenvalue weighted by Gasteiger charge is 2.32. The molecule has 1 saturated carbocycles. The molecule has 1 aliphatic carbocycles. The maximum atomic E-state index is 9.77. The van der Waals surface area contributed by atoms with Crippen LogP contribution >= 0.6 is 15.9 Å². The number of aliphatic hydroxyl groups excluding tert-OH is 1. The molecule has 0 unspecified atom stereocenters. The van der Waals surface area contributed by atoms with Gasteiger partial charge in [0.05, 0.1) is 12.1 Å². The van der Waals surface area contributed by atoms with Crippen molar-refractivity contribution in [3.8, 4) is 0 Å². The van der Waals surface area contributed by atoms with Crippen molar-refractivity contribution in [2.24, 2.45) is 0 Å². The summed E-state index contributed by atoms with van der Waals surface area (Å²) < 4.78 is 2.68. The molecule has 0 radical (unpaired) electrons. The topological polar surface area (TPSA) is 62.5 Å². The number of aromatic nitrogens is 3. The first kappa shape index (κ1) is 12.9. The van der Waals surface area contributed by atoms with E-state index in [1.807, 2.05) is 16.8 Å². The van der Waals surface area contributed by atoms with Crippen molar-refractivity contribution < 1.29 is 5.11 Å². The lowest BCUT2D eigenvalue weighted by Crippen LogP contribution is -2.44. The number of halogens is 1. The van der Waals surface area contributed by atoms with Crippen LogP contribution in [0.1, 0.15) is 32.1 Å². The first-order chi connectivity index (χ1) is 9.22. The summed E-state index contributed by atoms with van der Waals surface area (Å²) in [6.45, 7) is 0.133. The lowest BCUT2D eigenvalue weighted by atomic mass is 9.82. The zero-order valence-corrected chi connectivity index (χ0v) is 12.2. The third-order valence-corrected chi connectivity index (χ3v) is 4.22. The molecule has 0 atom stereocenters. The van der Waals surface area contributed by atoms with Crippen molar-refractivity contribution in [2.75, 3.05) is 11.9 Å². The summed E-state index contributed by atoms with van der Waals surface area (Å²) in [4.78, 5) is 8.80.